The zero-order chi connectivity index (χ0) is 16.4. The quantitative estimate of drug-likeness (QED) is 0.610. The Balaban J connectivity index is 2.22. The molecule has 3 amide bonds. The van der Waals surface area contributed by atoms with Crippen LogP contribution in [0.2, 0.25) is 0 Å². The second-order valence-corrected chi connectivity index (χ2v) is 5.06. The van der Waals surface area contributed by atoms with E-state index in [0.717, 1.165) is 32.5 Å². The van der Waals surface area contributed by atoms with Gasteiger partial charge in [0.2, 0.25) is 5.91 Å². The van der Waals surface area contributed by atoms with E-state index in [0.29, 0.717) is 17.8 Å². The number of nitrogens with two attached hydrogens (primary N) is 1. The fourth-order valence-corrected chi connectivity index (χ4v) is 2.10. The summed E-state index contributed by atoms with van der Waals surface area (Å²) in [7, 11) is 0. The van der Waals surface area contributed by atoms with Crippen molar-refractivity contribution in [2.24, 2.45) is 5.73 Å². The number of nitrogens with one attached hydrogen (secondary N) is 2. The van der Waals surface area contributed by atoms with Crippen molar-refractivity contribution in [3.05, 3.63) is 29.8 Å². The van der Waals surface area contributed by atoms with Gasteiger partial charge in [0.05, 0.1) is 0 Å². The molecule has 0 heterocycles. The second kappa shape index (κ2) is 9.78. The summed E-state index contributed by atoms with van der Waals surface area (Å²) in [5.74, 6) is -0.482. The average molecular weight is 306 g/mol. The van der Waals surface area contributed by atoms with Crippen LogP contribution >= 0.6 is 0 Å². The first-order valence-electron chi connectivity index (χ1n) is 7.73. The Labute approximate surface area is 132 Å². The van der Waals surface area contributed by atoms with Gasteiger partial charge in [0, 0.05) is 17.8 Å². The summed E-state index contributed by atoms with van der Waals surface area (Å²) < 4.78 is 0. The smallest absolute Gasteiger partial charge is 0.319 e. The summed E-state index contributed by atoms with van der Waals surface area (Å²) in [6.45, 7) is 8.13. The highest BCUT2D eigenvalue weighted by molar-refractivity contribution is 5.94. The zero-order valence-corrected chi connectivity index (χ0v) is 13.4. The van der Waals surface area contributed by atoms with Crippen LogP contribution in [-0.4, -0.2) is 43.0 Å². The molecule has 0 spiro atoms. The summed E-state index contributed by atoms with van der Waals surface area (Å²) in [5, 5.41) is 5.54. The molecular formula is C16H26N4O2. The van der Waals surface area contributed by atoms with Gasteiger partial charge in [-0.2, -0.15) is 0 Å². The maximum absolute atomic E-state index is 11.7. The van der Waals surface area contributed by atoms with Gasteiger partial charge in [-0.25, -0.2) is 4.79 Å². The predicted molar refractivity (Wildman–Crippen MR) is 89.0 cm³/mol. The molecule has 1 aromatic rings. The van der Waals surface area contributed by atoms with Gasteiger partial charge in [0.15, 0.2) is 0 Å². The molecule has 6 nitrogen and oxygen atoms in total. The summed E-state index contributed by atoms with van der Waals surface area (Å²) in [6.07, 6.45) is 2.01. The molecule has 0 atom stereocenters. The maximum atomic E-state index is 11.7. The van der Waals surface area contributed by atoms with Gasteiger partial charge in [-0.3, -0.25) is 4.79 Å². The van der Waals surface area contributed by atoms with Crippen LogP contribution < -0.4 is 16.4 Å². The lowest BCUT2D eigenvalue weighted by Crippen LogP contribution is -2.30. The number of anilines is 1. The Bertz CT molecular complexity index is 470. The number of hydrogen-bond donors (Lipinski definition) is 3. The number of benzene rings is 1. The third-order valence-corrected chi connectivity index (χ3v) is 3.51. The van der Waals surface area contributed by atoms with Crippen LogP contribution in [0.5, 0.6) is 0 Å². The summed E-state index contributed by atoms with van der Waals surface area (Å²) in [5.41, 5.74) is 6.21. The van der Waals surface area contributed by atoms with E-state index >= 15 is 0 Å². The molecule has 122 valence electrons. The minimum Gasteiger partial charge on any atom is -0.366 e. The first-order valence-corrected chi connectivity index (χ1v) is 7.73. The van der Waals surface area contributed by atoms with Crippen LogP contribution in [0.1, 0.15) is 37.0 Å². The van der Waals surface area contributed by atoms with Gasteiger partial charge < -0.3 is 21.3 Å². The highest BCUT2D eigenvalue weighted by atomic mass is 16.2. The lowest BCUT2D eigenvalue weighted by Gasteiger charge is -2.17. The first kappa shape index (κ1) is 18.0. The van der Waals surface area contributed by atoms with Crippen LogP contribution in [0.15, 0.2) is 24.3 Å². The first-order chi connectivity index (χ1) is 10.6. The van der Waals surface area contributed by atoms with Crippen molar-refractivity contribution in [3.63, 3.8) is 0 Å². The molecule has 0 saturated heterocycles. The molecule has 0 aliphatic carbocycles. The van der Waals surface area contributed by atoms with E-state index in [1.807, 2.05) is 0 Å². The molecule has 0 aliphatic heterocycles. The van der Waals surface area contributed by atoms with Crippen molar-refractivity contribution in [3.8, 4) is 0 Å². The minimum absolute atomic E-state index is 0.241. The van der Waals surface area contributed by atoms with Crippen molar-refractivity contribution in [1.82, 2.24) is 10.2 Å². The monoisotopic (exact) mass is 306 g/mol. The molecule has 0 aromatic heterocycles. The third-order valence-electron chi connectivity index (χ3n) is 3.51. The molecule has 0 unspecified atom stereocenters. The van der Waals surface area contributed by atoms with Crippen molar-refractivity contribution < 1.29 is 9.59 Å². The van der Waals surface area contributed by atoms with E-state index in [-0.39, 0.29) is 6.03 Å². The van der Waals surface area contributed by atoms with E-state index in [1.165, 1.54) is 0 Å². The lowest BCUT2D eigenvalue weighted by atomic mass is 10.2. The second-order valence-electron chi connectivity index (χ2n) is 5.06. The molecule has 0 fully saturated rings. The largest absolute Gasteiger partial charge is 0.366 e. The molecule has 6 heteroatoms. The van der Waals surface area contributed by atoms with Gasteiger partial charge in [-0.15, -0.1) is 0 Å². The number of carbonyl (C=O) groups excluding carboxylic acids is 2. The lowest BCUT2D eigenvalue weighted by molar-refractivity contribution is 0.100. The number of nitrogens with zero attached hydrogens (tertiary/aromatic N) is 1. The molecule has 0 bridgehead atoms. The van der Waals surface area contributed by atoms with Crippen LogP contribution in [0.3, 0.4) is 0 Å². The van der Waals surface area contributed by atoms with Gasteiger partial charge in [0.25, 0.3) is 0 Å². The predicted octanol–water partition coefficient (Wildman–Crippen LogP) is 2.03. The van der Waals surface area contributed by atoms with Crippen LogP contribution in [0.25, 0.3) is 0 Å². The molecule has 1 aromatic carbocycles. The number of hydrogen-bond acceptors (Lipinski definition) is 3. The van der Waals surface area contributed by atoms with Gasteiger partial charge in [-0.1, -0.05) is 13.8 Å². The third kappa shape index (κ3) is 6.58. The number of amides is 3. The fraction of sp³-hybridized carbons (Fsp3) is 0.500. The normalized spacial score (nSPS) is 10.5. The molecule has 1 rings (SSSR count). The number of unbranched alkanes of at least 4 members (excludes halogenated alkanes) is 1. The van der Waals surface area contributed by atoms with Crippen molar-refractivity contribution >= 4 is 17.6 Å². The van der Waals surface area contributed by atoms with Crippen LogP contribution in [0.4, 0.5) is 10.5 Å². The number of primary amides is 1. The summed E-state index contributed by atoms with van der Waals surface area (Å²) in [4.78, 5) is 25.0. The Morgan fingerprint density at radius 2 is 1.73 bits per heavy atom. The molecular weight excluding hydrogens is 280 g/mol. The Morgan fingerprint density at radius 1 is 1.09 bits per heavy atom. The van der Waals surface area contributed by atoms with Crippen molar-refractivity contribution in [2.45, 2.75) is 26.7 Å². The topological polar surface area (TPSA) is 87.5 Å². The molecule has 22 heavy (non-hydrogen) atoms. The van der Waals surface area contributed by atoms with Crippen LogP contribution in [0, 0.1) is 0 Å². The number of rotatable bonds is 9. The summed E-state index contributed by atoms with van der Waals surface area (Å²) >= 11 is 0. The van der Waals surface area contributed by atoms with E-state index in [1.54, 1.807) is 24.3 Å². The average Bonchev–Trinajstić information content (AvgIpc) is 2.51. The Hall–Kier alpha value is -2.08. The standard InChI is InChI=1S/C16H26N4O2/c1-3-20(4-2)12-6-5-11-18-16(22)19-14-9-7-13(8-10-14)15(17)21/h7-10H,3-6,11-12H2,1-2H3,(H2,17,21)(H2,18,19,22). The highest BCUT2D eigenvalue weighted by Gasteiger charge is 2.03. The highest BCUT2D eigenvalue weighted by Crippen LogP contribution is 2.08. The van der Waals surface area contributed by atoms with Gasteiger partial charge in [0.1, 0.15) is 0 Å². The van der Waals surface area contributed by atoms with Gasteiger partial charge in [-0.05, 0) is 56.7 Å². The van der Waals surface area contributed by atoms with Crippen molar-refractivity contribution in [1.29, 1.82) is 0 Å². The van der Waals surface area contributed by atoms with E-state index in [4.69, 9.17) is 5.73 Å². The molecule has 0 aliphatic rings. The molecule has 4 N–H and O–H groups in total. The molecule has 0 saturated carbocycles. The van der Waals surface area contributed by atoms with Gasteiger partial charge >= 0.3 is 6.03 Å². The van der Waals surface area contributed by atoms with E-state index in [9.17, 15) is 9.59 Å². The van der Waals surface area contributed by atoms with Crippen LogP contribution in [-0.2, 0) is 0 Å². The van der Waals surface area contributed by atoms with E-state index < -0.39 is 5.91 Å². The Kier molecular flexibility index (Phi) is 7.99. The Morgan fingerprint density at radius 3 is 2.27 bits per heavy atom. The molecule has 0 radical (unpaired) electrons. The van der Waals surface area contributed by atoms with Crippen molar-refractivity contribution in [2.75, 3.05) is 31.5 Å². The SMILES string of the molecule is CCN(CC)CCCCNC(=O)Nc1ccc(C(N)=O)cc1. The van der Waals surface area contributed by atoms with E-state index in [2.05, 4.69) is 29.4 Å². The zero-order valence-electron chi connectivity index (χ0n) is 13.4. The maximum Gasteiger partial charge on any atom is 0.319 e. The number of carbonyl (C=O) groups is 2. The number of urea groups is 1. The fourth-order valence-electron chi connectivity index (χ4n) is 2.10. The summed E-state index contributed by atoms with van der Waals surface area (Å²) in [6, 6.07) is 6.24. The minimum atomic E-state index is -0.482.